The molecular weight excluding hydrogens is 366 g/mol. The number of halogens is 5. The second kappa shape index (κ2) is 7.77. The first kappa shape index (κ1) is 18.4. The summed E-state index contributed by atoms with van der Waals surface area (Å²) in [5, 5.41) is 2.76. The van der Waals surface area contributed by atoms with Crippen molar-refractivity contribution in [2.24, 2.45) is 0 Å². The average molecular weight is 378 g/mol. The second-order valence-corrected chi connectivity index (χ2v) is 5.58. The van der Waals surface area contributed by atoms with Gasteiger partial charge in [-0.25, -0.2) is 0 Å². The molecule has 0 radical (unpaired) electrons. The second-order valence-electron chi connectivity index (χ2n) is 4.77. The van der Waals surface area contributed by atoms with Gasteiger partial charge in [-0.2, -0.15) is 13.2 Å². The molecule has 2 aromatic rings. The molecule has 2 aromatic carbocycles. The van der Waals surface area contributed by atoms with Gasteiger partial charge in [0.05, 0.1) is 34.3 Å². The van der Waals surface area contributed by atoms with E-state index in [0.717, 1.165) is 18.2 Å². The van der Waals surface area contributed by atoms with E-state index < -0.39 is 17.6 Å². The van der Waals surface area contributed by atoms with Gasteiger partial charge in [0.25, 0.3) is 0 Å². The summed E-state index contributed by atoms with van der Waals surface area (Å²) in [6, 6.07) is 9.46. The lowest BCUT2D eigenvalue weighted by molar-refractivity contribution is -0.137. The van der Waals surface area contributed by atoms with Crippen molar-refractivity contribution in [3.63, 3.8) is 0 Å². The normalized spacial score (nSPS) is 11.2. The lowest BCUT2D eigenvalue weighted by Crippen LogP contribution is -2.16. The first-order chi connectivity index (χ1) is 11.3. The molecule has 0 spiro atoms. The van der Waals surface area contributed by atoms with E-state index in [-0.39, 0.29) is 23.7 Å². The summed E-state index contributed by atoms with van der Waals surface area (Å²) in [6.45, 7) is 0.0200. The zero-order valence-corrected chi connectivity index (χ0v) is 13.7. The number of ether oxygens (including phenoxy) is 1. The molecule has 0 heterocycles. The number of benzene rings is 2. The van der Waals surface area contributed by atoms with Crippen LogP contribution in [0, 0.1) is 0 Å². The minimum atomic E-state index is -4.52. The van der Waals surface area contributed by atoms with Gasteiger partial charge in [-0.15, -0.1) is 0 Å². The molecule has 0 saturated heterocycles. The fourth-order valence-electron chi connectivity index (χ4n) is 1.83. The predicted octanol–water partition coefficient (Wildman–Crippen LogP) is 5.42. The van der Waals surface area contributed by atoms with Crippen molar-refractivity contribution < 1.29 is 22.7 Å². The van der Waals surface area contributed by atoms with Crippen LogP contribution in [0.4, 0.5) is 18.9 Å². The van der Waals surface area contributed by atoms with Crippen LogP contribution in [-0.4, -0.2) is 12.5 Å². The number of hydrogen-bond acceptors (Lipinski definition) is 2. The third-order valence-electron chi connectivity index (χ3n) is 2.99. The van der Waals surface area contributed by atoms with Crippen LogP contribution < -0.4 is 10.1 Å². The molecule has 0 aliphatic rings. The number of alkyl halides is 3. The largest absolute Gasteiger partial charge is 0.491 e. The molecule has 128 valence electrons. The number of anilines is 1. The zero-order valence-electron chi connectivity index (χ0n) is 12.2. The summed E-state index contributed by atoms with van der Waals surface area (Å²) in [5.74, 6) is -0.104. The Morgan fingerprint density at radius 1 is 1.08 bits per heavy atom. The Morgan fingerprint density at radius 3 is 2.46 bits per heavy atom. The first-order valence-electron chi connectivity index (χ1n) is 6.81. The molecule has 8 heteroatoms. The number of amides is 1. The Kier molecular flexibility index (Phi) is 5.96. The van der Waals surface area contributed by atoms with Crippen molar-refractivity contribution in [1.82, 2.24) is 0 Å². The third kappa shape index (κ3) is 5.04. The van der Waals surface area contributed by atoms with E-state index in [1.165, 1.54) is 0 Å². The summed E-state index contributed by atoms with van der Waals surface area (Å²) in [6.07, 6.45) is -4.59. The Balaban J connectivity index is 1.94. The Morgan fingerprint density at radius 2 is 1.79 bits per heavy atom. The van der Waals surface area contributed by atoms with Crippen LogP contribution in [0.15, 0.2) is 42.5 Å². The standard InChI is InChI=1S/C16H12Cl2F3NO2/c17-11-6-5-10(16(19,20)21)9-13(11)22-15(23)7-8-24-14-4-2-1-3-12(14)18/h1-6,9H,7-8H2,(H,22,23). The minimum Gasteiger partial charge on any atom is -0.491 e. The van der Waals surface area contributed by atoms with Gasteiger partial charge in [0.2, 0.25) is 5.91 Å². The fourth-order valence-corrected chi connectivity index (χ4v) is 2.18. The molecular formula is C16H12Cl2F3NO2. The summed E-state index contributed by atoms with van der Waals surface area (Å²) in [4.78, 5) is 11.8. The number of nitrogens with one attached hydrogen (secondary N) is 1. The van der Waals surface area contributed by atoms with E-state index in [9.17, 15) is 18.0 Å². The van der Waals surface area contributed by atoms with E-state index in [2.05, 4.69) is 5.32 Å². The van der Waals surface area contributed by atoms with Gasteiger partial charge in [-0.3, -0.25) is 4.79 Å². The fraction of sp³-hybridized carbons (Fsp3) is 0.188. The lowest BCUT2D eigenvalue weighted by atomic mass is 10.2. The summed E-state index contributed by atoms with van der Waals surface area (Å²) in [7, 11) is 0. The Bertz CT molecular complexity index is 736. The van der Waals surface area contributed by atoms with E-state index in [1.807, 2.05) is 0 Å². The van der Waals surface area contributed by atoms with Crippen molar-refractivity contribution in [2.45, 2.75) is 12.6 Å². The van der Waals surface area contributed by atoms with Crippen LogP contribution in [0.1, 0.15) is 12.0 Å². The highest BCUT2D eigenvalue weighted by molar-refractivity contribution is 6.33. The third-order valence-corrected chi connectivity index (χ3v) is 3.63. The quantitative estimate of drug-likeness (QED) is 0.755. The van der Waals surface area contributed by atoms with Gasteiger partial charge >= 0.3 is 6.18 Å². The van der Waals surface area contributed by atoms with E-state index in [1.54, 1.807) is 24.3 Å². The van der Waals surface area contributed by atoms with Crippen LogP contribution in [0.2, 0.25) is 10.0 Å². The number of rotatable bonds is 5. The minimum absolute atomic E-state index is 0.0170. The van der Waals surface area contributed by atoms with Crippen molar-refractivity contribution in [3.8, 4) is 5.75 Å². The number of para-hydroxylation sites is 1. The first-order valence-corrected chi connectivity index (χ1v) is 7.57. The van der Waals surface area contributed by atoms with E-state index in [4.69, 9.17) is 27.9 Å². The highest BCUT2D eigenvalue weighted by atomic mass is 35.5. The van der Waals surface area contributed by atoms with Gasteiger partial charge < -0.3 is 10.1 Å². The molecule has 0 unspecified atom stereocenters. The van der Waals surface area contributed by atoms with Crippen molar-refractivity contribution in [3.05, 3.63) is 58.1 Å². The molecule has 24 heavy (non-hydrogen) atoms. The van der Waals surface area contributed by atoms with Crippen LogP contribution in [0.3, 0.4) is 0 Å². The highest BCUT2D eigenvalue weighted by Crippen LogP contribution is 2.33. The molecule has 3 nitrogen and oxygen atoms in total. The van der Waals surface area contributed by atoms with Gasteiger partial charge in [-0.05, 0) is 30.3 Å². The van der Waals surface area contributed by atoms with Crippen molar-refractivity contribution in [2.75, 3.05) is 11.9 Å². The van der Waals surface area contributed by atoms with Crippen LogP contribution >= 0.6 is 23.2 Å². The van der Waals surface area contributed by atoms with Gasteiger partial charge in [0, 0.05) is 0 Å². The van der Waals surface area contributed by atoms with Gasteiger partial charge in [-0.1, -0.05) is 35.3 Å². The smallest absolute Gasteiger partial charge is 0.416 e. The van der Waals surface area contributed by atoms with E-state index >= 15 is 0 Å². The summed E-state index contributed by atoms with van der Waals surface area (Å²) >= 11 is 11.7. The Hall–Kier alpha value is -1.92. The average Bonchev–Trinajstić information content (AvgIpc) is 2.50. The molecule has 1 amide bonds. The maximum Gasteiger partial charge on any atom is 0.416 e. The highest BCUT2D eigenvalue weighted by Gasteiger charge is 2.31. The molecule has 1 N–H and O–H groups in total. The molecule has 0 fully saturated rings. The summed E-state index contributed by atoms with van der Waals surface area (Å²) < 4.78 is 43.4. The van der Waals surface area contributed by atoms with Gasteiger partial charge in [0.15, 0.2) is 0 Å². The van der Waals surface area contributed by atoms with Crippen molar-refractivity contribution >= 4 is 34.8 Å². The number of carbonyl (C=O) groups excluding carboxylic acids is 1. The van der Waals surface area contributed by atoms with Crippen LogP contribution in [0.5, 0.6) is 5.75 Å². The molecule has 0 aliphatic carbocycles. The van der Waals surface area contributed by atoms with E-state index in [0.29, 0.717) is 10.8 Å². The topological polar surface area (TPSA) is 38.3 Å². The molecule has 0 atom stereocenters. The lowest BCUT2D eigenvalue weighted by Gasteiger charge is -2.12. The van der Waals surface area contributed by atoms with Crippen LogP contribution in [-0.2, 0) is 11.0 Å². The molecule has 0 aromatic heterocycles. The van der Waals surface area contributed by atoms with Crippen LogP contribution in [0.25, 0.3) is 0 Å². The Labute approximate surface area is 146 Å². The van der Waals surface area contributed by atoms with Gasteiger partial charge in [0.1, 0.15) is 5.75 Å². The maximum absolute atomic E-state index is 12.7. The summed E-state index contributed by atoms with van der Waals surface area (Å²) in [5.41, 5.74) is -0.997. The maximum atomic E-state index is 12.7. The van der Waals surface area contributed by atoms with Crippen molar-refractivity contribution in [1.29, 1.82) is 0 Å². The zero-order chi connectivity index (χ0) is 17.7. The number of carbonyl (C=O) groups is 1. The number of hydrogen-bond donors (Lipinski definition) is 1. The molecule has 0 aliphatic heterocycles. The molecule has 0 saturated carbocycles. The SMILES string of the molecule is O=C(CCOc1ccccc1Cl)Nc1cc(C(F)(F)F)ccc1Cl. The molecule has 2 rings (SSSR count). The predicted molar refractivity (Wildman–Crippen MR) is 86.6 cm³/mol. The monoisotopic (exact) mass is 377 g/mol. The molecule has 0 bridgehead atoms.